The Bertz CT molecular complexity index is 439. The first kappa shape index (κ1) is 14.7. The number of esters is 1. The Labute approximate surface area is 111 Å². The zero-order chi connectivity index (χ0) is 13.7. The third-order valence-corrected chi connectivity index (χ3v) is 3.93. The molecule has 1 aromatic rings. The molecular formula is C13H19NO3S. The van der Waals surface area contributed by atoms with Crippen molar-refractivity contribution in [1.82, 2.24) is 5.32 Å². The van der Waals surface area contributed by atoms with Crippen molar-refractivity contribution in [2.24, 2.45) is 0 Å². The third kappa shape index (κ3) is 3.57. The average Bonchev–Trinajstić information content (AvgIpc) is 2.70. The van der Waals surface area contributed by atoms with Gasteiger partial charge in [-0.05, 0) is 38.8 Å². The molecule has 1 aromatic heterocycles. The van der Waals surface area contributed by atoms with Crippen LogP contribution in [0.2, 0.25) is 0 Å². The van der Waals surface area contributed by atoms with Crippen LogP contribution in [-0.4, -0.2) is 24.5 Å². The summed E-state index contributed by atoms with van der Waals surface area (Å²) in [5.41, 5.74) is 1.12. The van der Waals surface area contributed by atoms with E-state index in [0.717, 1.165) is 12.0 Å². The van der Waals surface area contributed by atoms with Gasteiger partial charge in [0, 0.05) is 4.88 Å². The summed E-state index contributed by atoms with van der Waals surface area (Å²) in [7, 11) is 0. The number of amides is 1. The van der Waals surface area contributed by atoms with Crippen molar-refractivity contribution < 1.29 is 14.3 Å². The summed E-state index contributed by atoms with van der Waals surface area (Å²) in [6.07, 6.45) is 0.914. The van der Waals surface area contributed by atoms with E-state index < -0.39 is 12.0 Å². The minimum atomic E-state index is -0.620. The molecule has 1 rings (SSSR count). The quantitative estimate of drug-likeness (QED) is 0.834. The molecule has 0 bridgehead atoms. The largest absolute Gasteiger partial charge is 0.464 e. The van der Waals surface area contributed by atoms with Crippen LogP contribution >= 0.6 is 11.3 Å². The van der Waals surface area contributed by atoms with Gasteiger partial charge in [-0.15, -0.1) is 11.3 Å². The topological polar surface area (TPSA) is 55.4 Å². The molecule has 1 heterocycles. The van der Waals surface area contributed by atoms with Gasteiger partial charge in [0.25, 0.3) is 5.91 Å². The number of carbonyl (C=O) groups excluding carboxylic acids is 2. The van der Waals surface area contributed by atoms with Gasteiger partial charge in [-0.3, -0.25) is 4.79 Å². The van der Waals surface area contributed by atoms with Crippen molar-refractivity contribution in [2.75, 3.05) is 6.61 Å². The third-order valence-electron chi connectivity index (χ3n) is 2.55. The highest BCUT2D eigenvalue weighted by molar-refractivity contribution is 7.14. The molecule has 0 aromatic carbocycles. The number of ether oxygens (including phenoxy) is 1. The van der Waals surface area contributed by atoms with Crippen LogP contribution < -0.4 is 5.32 Å². The van der Waals surface area contributed by atoms with Crippen molar-refractivity contribution in [3.05, 3.63) is 21.4 Å². The maximum absolute atomic E-state index is 11.9. The van der Waals surface area contributed by atoms with E-state index in [2.05, 4.69) is 12.2 Å². The van der Waals surface area contributed by atoms with E-state index in [4.69, 9.17) is 4.74 Å². The van der Waals surface area contributed by atoms with Gasteiger partial charge in [-0.25, -0.2) is 4.79 Å². The van der Waals surface area contributed by atoms with E-state index in [1.165, 1.54) is 16.2 Å². The average molecular weight is 269 g/mol. The maximum atomic E-state index is 11.9. The second-order valence-electron chi connectivity index (χ2n) is 4.02. The number of carbonyl (C=O) groups is 2. The van der Waals surface area contributed by atoms with Gasteiger partial charge >= 0.3 is 5.97 Å². The van der Waals surface area contributed by atoms with Crippen molar-refractivity contribution >= 4 is 23.2 Å². The van der Waals surface area contributed by atoms with E-state index in [9.17, 15) is 9.59 Å². The fourth-order valence-corrected chi connectivity index (χ4v) is 2.59. The van der Waals surface area contributed by atoms with Crippen LogP contribution in [0.3, 0.4) is 0 Å². The maximum Gasteiger partial charge on any atom is 0.328 e. The number of nitrogens with one attached hydrogen (secondary N) is 1. The molecule has 4 nitrogen and oxygen atoms in total. The summed E-state index contributed by atoms with van der Waals surface area (Å²) in [6.45, 7) is 7.72. The molecule has 1 N–H and O–H groups in total. The fraction of sp³-hybridized carbons (Fsp3) is 0.538. The fourth-order valence-electron chi connectivity index (χ4n) is 1.58. The molecule has 1 atom stereocenters. The van der Waals surface area contributed by atoms with Crippen molar-refractivity contribution in [3.63, 3.8) is 0 Å². The summed E-state index contributed by atoms with van der Waals surface area (Å²) in [5.74, 6) is -0.627. The number of rotatable bonds is 5. The second-order valence-corrected chi connectivity index (χ2v) is 5.15. The van der Waals surface area contributed by atoms with E-state index in [0.29, 0.717) is 11.5 Å². The molecule has 0 aliphatic rings. The van der Waals surface area contributed by atoms with E-state index in [1.807, 2.05) is 13.0 Å². The summed E-state index contributed by atoms with van der Waals surface area (Å²) >= 11 is 1.47. The van der Waals surface area contributed by atoms with Crippen LogP contribution in [0, 0.1) is 6.92 Å². The molecule has 1 unspecified atom stereocenters. The highest BCUT2D eigenvalue weighted by atomic mass is 32.1. The highest BCUT2D eigenvalue weighted by Gasteiger charge is 2.19. The van der Waals surface area contributed by atoms with Crippen LogP contribution in [0.4, 0.5) is 0 Å². The first-order valence-corrected chi connectivity index (χ1v) is 6.88. The van der Waals surface area contributed by atoms with Crippen LogP contribution in [0.25, 0.3) is 0 Å². The Kier molecular flexibility index (Phi) is 5.34. The summed E-state index contributed by atoms with van der Waals surface area (Å²) in [4.78, 5) is 25.2. The minimum Gasteiger partial charge on any atom is -0.464 e. The Morgan fingerprint density at radius 3 is 2.61 bits per heavy atom. The van der Waals surface area contributed by atoms with Crippen LogP contribution in [0.5, 0.6) is 0 Å². The van der Waals surface area contributed by atoms with Gasteiger partial charge in [-0.2, -0.15) is 0 Å². The lowest BCUT2D eigenvalue weighted by Crippen LogP contribution is -2.39. The number of thiophene rings is 1. The Morgan fingerprint density at radius 2 is 2.11 bits per heavy atom. The summed E-state index contributed by atoms with van der Waals surface area (Å²) in [6, 6.07) is 1.24. The number of aryl methyl sites for hydroxylation is 2. The molecule has 5 heteroatoms. The molecule has 0 radical (unpaired) electrons. The van der Waals surface area contributed by atoms with Gasteiger partial charge in [0.2, 0.25) is 0 Å². The van der Waals surface area contributed by atoms with Crippen LogP contribution in [0.15, 0.2) is 6.07 Å². The minimum absolute atomic E-state index is 0.219. The number of hydrogen-bond acceptors (Lipinski definition) is 4. The second kappa shape index (κ2) is 6.54. The highest BCUT2D eigenvalue weighted by Crippen LogP contribution is 2.22. The molecular weight excluding hydrogens is 250 g/mol. The monoisotopic (exact) mass is 269 g/mol. The van der Waals surface area contributed by atoms with E-state index >= 15 is 0 Å². The molecule has 0 spiro atoms. The lowest BCUT2D eigenvalue weighted by molar-refractivity contribution is -0.144. The van der Waals surface area contributed by atoms with Crippen molar-refractivity contribution in [2.45, 2.75) is 40.2 Å². The summed E-state index contributed by atoms with van der Waals surface area (Å²) < 4.78 is 4.84. The smallest absolute Gasteiger partial charge is 0.328 e. The van der Waals surface area contributed by atoms with Gasteiger partial charge in [0.1, 0.15) is 6.04 Å². The lowest BCUT2D eigenvalue weighted by atomic mass is 10.2. The zero-order valence-electron chi connectivity index (χ0n) is 11.2. The standard InChI is InChI=1S/C13H19NO3S/c1-5-10-8(3)7-11(18-10)12(15)14-9(4)13(16)17-6-2/h7,9H,5-6H2,1-4H3,(H,14,15). The van der Waals surface area contributed by atoms with Crippen LogP contribution in [-0.2, 0) is 16.0 Å². The molecule has 100 valence electrons. The molecule has 0 aliphatic heterocycles. The lowest BCUT2D eigenvalue weighted by Gasteiger charge is -2.11. The van der Waals surface area contributed by atoms with E-state index in [1.54, 1.807) is 13.8 Å². The molecule has 18 heavy (non-hydrogen) atoms. The Morgan fingerprint density at radius 1 is 1.44 bits per heavy atom. The normalized spacial score (nSPS) is 12.0. The predicted molar refractivity (Wildman–Crippen MR) is 72.0 cm³/mol. The van der Waals surface area contributed by atoms with Crippen molar-refractivity contribution in [1.29, 1.82) is 0 Å². The SMILES string of the molecule is CCOC(=O)C(C)NC(=O)c1cc(C)c(CC)s1. The number of hydrogen-bond donors (Lipinski definition) is 1. The Hall–Kier alpha value is -1.36. The van der Waals surface area contributed by atoms with E-state index in [-0.39, 0.29) is 5.91 Å². The summed E-state index contributed by atoms with van der Waals surface area (Å²) in [5, 5.41) is 2.64. The van der Waals surface area contributed by atoms with Gasteiger partial charge < -0.3 is 10.1 Å². The molecule has 0 saturated heterocycles. The van der Waals surface area contributed by atoms with Gasteiger partial charge in [-0.1, -0.05) is 6.92 Å². The van der Waals surface area contributed by atoms with Crippen LogP contribution in [0.1, 0.15) is 40.9 Å². The zero-order valence-corrected chi connectivity index (χ0v) is 12.0. The predicted octanol–water partition coefficient (Wildman–Crippen LogP) is 2.30. The van der Waals surface area contributed by atoms with Gasteiger partial charge in [0.15, 0.2) is 0 Å². The molecule has 1 amide bonds. The Balaban J connectivity index is 2.67. The molecule has 0 fully saturated rings. The molecule has 0 aliphatic carbocycles. The first-order chi connectivity index (χ1) is 8.49. The molecule has 0 saturated carbocycles. The van der Waals surface area contributed by atoms with Gasteiger partial charge in [0.05, 0.1) is 11.5 Å². The van der Waals surface area contributed by atoms with Crippen molar-refractivity contribution in [3.8, 4) is 0 Å². The first-order valence-electron chi connectivity index (χ1n) is 6.06.